The van der Waals surface area contributed by atoms with Crippen molar-refractivity contribution < 1.29 is 23.9 Å². The lowest BCUT2D eigenvalue weighted by Gasteiger charge is -2.09. The van der Waals surface area contributed by atoms with Gasteiger partial charge in [0.15, 0.2) is 6.61 Å². The zero-order valence-corrected chi connectivity index (χ0v) is 18.3. The van der Waals surface area contributed by atoms with Gasteiger partial charge in [-0.1, -0.05) is 61.3 Å². The summed E-state index contributed by atoms with van der Waals surface area (Å²) in [7, 11) is 0. The van der Waals surface area contributed by atoms with Crippen LogP contribution in [0.4, 0.5) is 0 Å². The first-order chi connectivity index (χ1) is 14.6. The van der Waals surface area contributed by atoms with Crippen molar-refractivity contribution in [1.29, 1.82) is 0 Å². The molecule has 1 aliphatic rings. The van der Waals surface area contributed by atoms with Crippen molar-refractivity contribution in [3.63, 3.8) is 0 Å². The van der Waals surface area contributed by atoms with Crippen molar-refractivity contribution in [3.05, 3.63) is 29.3 Å². The third kappa shape index (κ3) is 11.2. The smallest absolute Gasteiger partial charge is 0.372 e. The minimum atomic E-state index is -0.568. The van der Waals surface area contributed by atoms with E-state index >= 15 is 0 Å². The Labute approximate surface area is 183 Å². The second-order valence-electron chi connectivity index (χ2n) is 7.52. The van der Waals surface area contributed by atoms with Gasteiger partial charge in [0.1, 0.15) is 5.75 Å². The normalized spacial score (nSPS) is 19.1. The summed E-state index contributed by atoms with van der Waals surface area (Å²) in [6, 6.07) is 6.82. The summed E-state index contributed by atoms with van der Waals surface area (Å²) in [5.41, 5.74) is 0.814. The fraction of sp³-hybridized carbons (Fsp3) is 0.609. The lowest BCUT2D eigenvalue weighted by Crippen LogP contribution is -2.14. The Balaban J connectivity index is 1.80. The molecular weight excluding hydrogens is 406 g/mol. The van der Waals surface area contributed by atoms with E-state index in [2.05, 4.69) is 5.16 Å². The molecule has 0 bridgehead atoms. The number of oxime groups is 1. The molecule has 1 heterocycles. The average Bonchev–Trinajstić information content (AvgIpc) is 2.73. The van der Waals surface area contributed by atoms with Crippen LogP contribution in [0.1, 0.15) is 77.0 Å². The van der Waals surface area contributed by atoms with Gasteiger partial charge in [0.2, 0.25) is 0 Å². The van der Waals surface area contributed by atoms with Gasteiger partial charge in [0.05, 0.1) is 12.3 Å². The van der Waals surface area contributed by atoms with E-state index in [1.54, 1.807) is 24.3 Å². The first kappa shape index (κ1) is 24.2. The van der Waals surface area contributed by atoms with Crippen LogP contribution in [0.2, 0.25) is 5.02 Å². The first-order valence-electron chi connectivity index (χ1n) is 10.9. The third-order valence-electron chi connectivity index (χ3n) is 4.90. The van der Waals surface area contributed by atoms with Crippen LogP contribution >= 0.6 is 11.6 Å². The Hall–Kier alpha value is -2.08. The second-order valence-corrected chi connectivity index (χ2v) is 7.96. The summed E-state index contributed by atoms with van der Waals surface area (Å²) < 4.78 is 10.7. The van der Waals surface area contributed by atoms with Crippen LogP contribution in [0.25, 0.3) is 0 Å². The van der Waals surface area contributed by atoms with Crippen molar-refractivity contribution in [1.82, 2.24) is 0 Å². The molecule has 1 aliphatic heterocycles. The van der Waals surface area contributed by atoms with Crippen LogP contribution in [0, 0.1) is 0 Å². The highest BCUT2D eigenvalue weighted by Gasteiger charge is 2.09. The number of hydrogen-bond donors (Lipinski definition) is 0. The van der Waals surface area contributed by atoms with E-state index in [1.165, 1.54) is 25.7 Å². The van der Waals surface area contributed by atoms with E-state index < -0.39 is 5.97 Å². The van der Waals surface area contributed by atoms with Crippen LogP contribution in [-0.2, 0) is 19.2 Å². The molecule has 0 N–H and O–H groups in total. The standard InChI is InChI=1S/C23H32ClNO5/c24-19-11-9-14-21(17-19)29-18-23(27)30-25-20-12-7-5-3-1-2-4-6-8-15-22(26)28-16-10-13-20/h9,11,14,17H,1-8,10,12-13,15-16,18H2/b25-20-. The summed E-state index contributed by atoms with van der Waals surface area (Å²) >= 11 is 5.89. The largest absolute Gasteiger partial charge is 0.482 e. The van der Waals surface area contributed by atoms with Gasteiger partial charge in [-0.25, -0.2) is 4.79 Å². The van der Waals surface area contributed by atoms with Gasteiger partial charge < -0.3 is 14.3 Å². The molecule has 0 aliphatic carbocycles. The molecule has 1 aromatic rings. The second kappa shape index (κ2) is 14.8. The number of ether oxygens (including phenoxy) is 2. The Morgan fingerprint density at radius 2 is 1.63 bits per heavy atom. The Bertz CT molecular complexity index is 692. The molecule has 1 saturated heterocycles. The highest BCUT2D eigenvalue weighted by Crippen LogP contribution is 2.17. The molecule has 0 spiro atoms. The topological polar surface area (TPSA) is 74.2 Å². The van der Waals surface area contributed by atoms with Crippen molar-refractivity contribution in [2.75, 3.05) is 13.2 Å². The zero-order chi connectivity index (χ0) is 21.4. The van der Waals surface area contributed by atoms with E-state index in [4.69, 9.17) is 25.9 Å². The quantitative estimate of drug-likeness (QED) is 0.335. The van der Waals surface area contributed by atoms with E-state index in [0.717, 1.165) is 37.8 Å². The van der Waals surface area contributed by atoms with Gasteiger partial charge in [-0.2, -0.15) is 0 Å². The Kier molecular flexibility index (Phi) is 12.0. The Morgan fingerprint density at radius 1 is 0.967 bits per heavy atom. The molecule has 7 heteroatoms. The molecule has 0 amide bonds. The van der Waals surface area contributed by atoms with E-state index in [0.29, 0.717) is 36.6 Å². The van der Waals surface area contributed by atoms with Crippen molar-refractivity contribution >= 4 is 29.3 Å². The maximum Gasteiger partial charge on any atom is 0.372 e. The number of benzene rings is 1. The van der Waals surface area contributed by atoms with E-state index in [9.17, 15) is 9.59 Å². The summed E-state index contributed by atoms with van der Waals surface area (Å²) in [5.74, 6) is -0.204. The third-order valence-corrected chi connectivity index (χ3v) is 5.13. The maximum absolute atomic E-state index is 12.0. The van der Waals surface area contributed by atoms with Crippen LogP contribution in [0.5, 0.6) is 5.75 Å². The molecule has 2 rings (SSSR count). The van der Waals surface area contributed by atoms with Crippen molar-refractivity contribution in [3.8, 4) is 5.75 Å². The molecule has 166 valence electrons. The summed E-state index contributed by atoms with van der Waals surface area (Å²) in [6.07, 6.45) is 11.5. The lowest BCUT2D eigenvalue weighted by atomic mass is 10.0. The van der Waals surface area contributed by atoms with Gasteiger partial charge in [0.25, 0.3) is 0 Å². The predicted octanol–water partition coefficient (Wildman–Crippen LogP) is 5.86. The van der Waals surface area contributed by atoms with Gasteiger partial charge >= 0.3 is 11.9 Å². The highest BCUT2D eigenvalue weighted by atomic mass is 35.5. The maximum atomic E-state index is 12.0. The molecule has 0 atom stereocenters. The SMILES string of the molecule is O=C1CCCCCCCCCC/C(=N/OC(=O)COc2cccc(Cl)c2)CCCO1. The number of hydrogen-bond acceptors (Lipinski definition) is 6. The molecule has 0 unspecified atom stereocenters. The lowest BCUT2D eigenvalue weighted by molar-refractivity contribution is -0.146. The van der Waals surface area contributed by atoms with E-state index in [1.807, 2.05) is 0 Å². The van der Waals surface area contributed by atoms with E-state index in [-0.39, 0.29) is 12.6 Å². The number of carbonyl (C=O) groups is 2. The van der Waals surface area contributed by atoms with Gasteiger partial charge in [-0.15, -0.1) is 0 Å². The zero-order valence-electron chi connectivity index (χ0n) is 17.6. The fourth-order valence-electron chi connectivity index (χ4n) is 3.25. The van der Waals surface area contributed by atoms with Gasteiger partial charge in [-0.3, -0.25) is 4.79 Å². The minimum Gasteiger partial charge on any atom is -0.482 e. The molecule has 0 radical (unpaired) electrons. The van der Waals surface area contributed by atoms with Crippen LogP contribution < -0.4 is 4.74 Å². The number of esters is 1. The van der Waals surface area contributed by atoms with Gasteiger partial charge in [-0.05, 0) is 50.3 Å². The van der Waals surface area contributed by atoms with Crippen molar-refractivity contribution in [2.24, 2.45) is 5.16 Å². The van der Waals surface area contributed by atoms with Crippen LogP contribution in [0.3, 0.4) is 0 Å². The fourth-order valence-corrected chi connectivity index (χ4v) is 3.43. The number of nitrogens with zero attached hydrogens (tertiary/aromatic N) is 1. The number of halogens is 1. The summed E-state index contributed by atoms with van der Waals surface area (Å²) in [5, 5.41) is 4.59. The highest BCUT2D eigenvalue weighted by molar-refractivity contribution is 6.30. The summed E-state index contributed by atoms with van der Waals surface area (Å²) in [6.45, 7) is 0.123. The monoisotopic (exact) mass is 437 g/mol. The van der Waals surface area contributed by atoms with Gasteiger partial charge in [0, 0.05) is 11.4 Å². The van der Waals surface area contributed by atoms with Crippen molar-refractivity contribution in [2.45, 2.75) is 77.0 Å². The molecule has 0 aromatic heterocycles. The molecule has 6 nitrogen and oxygen atoms in total. The Morgan fingerprint density at radius 3 is 2.37 bits per heavy atom. The minimum absolute atomic E-state index is 0.134. The number of carbonyl (C=O) groups excluding carboxylic acids is 2. The molecule has 0 saturated carbocycles. The average molecular weight is 438 g/mol. The first-order valence-corrected chi connectivity index (χ1v) is 11.3. The number of rotatable bonds is 4. The molecular formula is C23H32ClNO5. The molecule has 1 fully saturated rings. The predicted molar refractivity (Wildman–Crippen MR) is 117 cm³/mol. The molecule has 30 heavy (non-hydrogen) atoms. The molecule has 1 aromatic carbocycles. The number of cyclic esters (lactones) is 1. The summed E-state index contributed by atoms with van der Waals surface area (Å²) in [4.78, 5) is 28.7. The van der Waals surface area contributed by atoms with Crippen LogP contribution in [-0.4, -0.2) is 30.9 Å². The van der Waals surface area contributed by atoms with Crippen LogP contribution in [0.15, 0.2) is 29.4 Å².